The number of phosphoric acid groups is 2. The van der Waals surface area contributed by atoms with E-state index in [1.807, 2.05) is 0 Å². The Morgan fingerprint density at radius 3 is 2.44 bits per heavy atom. The molecule has 19 nitrogen and oxygen atoms in total. The molecule has 10 atom stereocenters. The topological polar surface area (TPSA) is 283 Å². The summed E-state index contributed by atoms with van der Waals surface area (Å²) >= 11 is 0. The van der Waals surface area contributed by atoms with Gasteiger partial charge in [0.1, 0.15) is 47.6 Å². The SMILES string of the molecule is Cc1ncnc2c1nc(C)n2C1OC(COP(=O)(O)OP(=O)(O)OCC2CC([n+]3cccc(C(N)=O)c3)C(O)C2O)C(O)C1O. The molecule has 1 aliphatic heterocycles. The Labute approximate surface area is 255 Å². The molecule has 1 saturated carbocycles. The number of ether oxygens (including phenoxy) is 1. The first-order chi connectivity index (χ1) is 21.1. The molecule has 0 spiro atoms. The monoisotopic (exact) mass is 675 g/mol. The fourth-order valence-corrected chi connectivity index (χ4v) is 7.59. The zero-order valence-electron chi connectivity index (χ0n) is 23.9. The molecule has 45 heavy (non-hydrogen) atoms. The molecular weight excluding hydrogens is 642 g/mol. The summed E-state index contributed by atoms with van der Waals surface area (Å²) in [6.07, 6.45) is -4.29. The maximum absolute atomic E-state index is 12.5. The Hall–Kier alpha value is -2.77. The molecule has 4 heterocycles. The summed E-state index contributed by atoms with van der Waals surface area (Å²) in [4.78, 5) is 44.3. The van der Waals surface area contributed by atoms with Crippen molar-refractivity contribution in [2.24, 2.45) is 11.7 Å². The van der Waals surface area contributed by atoms with Crippen LogP contribution in [0.5, 0.6) is 0 Å². The van der Waals surface area contributed by atoms with Gasteiger partial charge in [-0.05, 0) is 19.9 Å². The van der Waals surface area contributed by atoms with Gasteiger partial charge in [0.05, 0.1) is 25.0 Å². The van der Waals surface area contributed by atoms with Gasteiger partial charge < -0.3 is 40.7 Å². The van der Waals surface area contributed by atoms with Gasteiger partial charge in [0.25, 0.3) is 5.91 Å². The molecule has 3 aromatic rings. The molecule has 1 aliphatic carbocycles. The summed E-state index contributed by atoms with van der Waals surface area (Å²) < 4.78 is 47.6. The van der Waals surface area contributed by atoms with Crippen molar-refractivity contribution >= 4 is 32.7 Å². The molecule has 0 bridgehead atoms. The number of aryl methyl sites for hydroxylation is 2. The van der Waals surface area contributed by atoms with Crippen LogP contribution in [0, 0.1) is 19.8 Å². The highest BCUT2D eigenvalue weighted by atomic mass is 31.3. The van der Waals surface area contributed by atoms with Crippen molar-refractivity contribution in [1.82, 2.24) is 19.5 Å². The highest BCUT2D eigenvalue weighted by Gasteiger charge is 2.49. The van der Waals surface area contributed by atoms with Crippen LogP contribution in [0.25, 0.3) is 11.2 Å². The molecule has 5 rings (SSSR count). The number of carbonyl (C=O) groups is 1. The number of hydrogen-bond donors (Lipinski definition) is 7. The largest absolute Gasteiger partial charge is 0.481 e. The van der Waals surface area contributed by atoms with Crippen LogP contribution in [0.3, 0.4) is 0 Å². The molecule has 0 aromatic carbocycles. The van der Waals surface area contributed by atoms with Gasteiger partial charge in [-0.2, -0.15) is 8.88 Å². The summed E-state index contributed by atoms with van der Waals surface area (Å²) in [5.74, 6) is -1.25. The normalized spacial score (nSPS) is 31.2. The summed E-state index contributed by atoms with van der Waals surface area (Å²) in [5, 5.41) is 42.2. The van der Waals surface area contributed by atoms with Gasteiger partial charge in [0.15, 0.2) is 30.3 Å². The van der Waals surface area contributed by atoms with Crippen LogP contribution in [-0.2, 0) is 27.2 Å². The number of aliphatic hydroxyl groups excluding tert-OH is 4. The van der Waals surface area contributed by atoms with Gasteiger partial charge in [-0.1, -0.05) is 0 Å². The third kappa shape index (κ3) is 7.00. The Balaban J connectivity index is 1.17. The predicted octanol–water partition coefficient (Wildman–Crippen LogP) is -1.32. The predicted molar refractivity (Wildman–Crippen MR) is 148 cm³/mol. The first-order valence-corrected chi connectivity index (χ1v) is 16.6. The van der Waals surface area contributed by atoms with Gasteiger partial charge in [0.2, 0.25) is 0 Å². The van der Waals surface area contributed by atoms with Crippen molar-refractivity contribution in [3.8, 4) is 0 Å². The Morgan fingerprint density at radius 1 is 1.07 bits per heavy atom. The highest BCUT2D eigenvalue weighted by Crippen LogP contribution is 2.61. The molecule has 2 fully saturated rings. The first kappa shape index (κ1) is 33.6. The lowest BCUT2D eigenvalue weighted by Crippen LogP contribution is -2.45. The molecule has 3 aromatic heterocycles. The number of hydrogen-bond acceptors (Lipinski definition) is 14. The number of nitrogens with zero attached hydrogens (tertiary/aromatic N) is 5. The minimum absolute atomic E-state index is 0.0280. The van der Waals surface area contributed by atoms with Crippen molar-refractivity contribution in [2.45, 2.75) is 63.1 Å². The second-order valence-corrected chi connectivity index (χ2v) is 13.8. The van der Waals surface area contributed by atoms with Crippen LogP contribution >= 0.6 is 15.6 Å². The lowest BCUT2D eigenvalue weighted by molar-refractivity contribution is -0.728. The van der Waals surface area contributed by atoms with E-state index in [-0.39, 0.29) is 12.0 Å². The molecule has 1 saturated heterocycles. The van der Waals surface area contributed by atoms with Crippen LogP contribution in [0.15, 0.2) is 30.9 Å². The third-order valence-electron chi connectivity index (χ3n) is 7.75. The number of pyridine rings is 1. The summed E-state index contributed by atoms with van der Waals surface area (Å²) in [7, 11) is -10.6. The van der Waals surface area contributed by atoms with Crippen molar-refractivity contribution in [2.75, 3.05) is 13.2 Å². The van der Waals surface area contributed by atoms with Gasteiger partial charge in [0, 0.05) is 18.4 Å². The fourth-order valence-electron chi connectivity index (χ4n) is 5.46. The highest BCUT2D eigenvalue weighted by molar-refractivity contribution is 7.61. The van der Waals surface area contributed by atoms with Crippen LogP contribution in [0.1, 0.15) is 40.6 Å². The standard InChI is InChI=1S/C24H32N6O13P2/c1-11-17-23(27-10-26-11)30(12(2)28-17)24-21(34)20(33)16(42-24)9-41-45(38,39)43-44(36,37)40-8-14-6-15(19(32)18(14)31)29-5-3-4-13(7-29)22(25)35/h3-5,7,10,14-16,18-21,24,31-34H,6,8-9H2,1-2H3,(H3-,25,35,36,37,38,39)/p+1. The minimum atomic E-state index is -5.32. The number of primary amides is 1. The lowest BCUT2D eigenvalue weighted by Gasteiger charge is -2.21. The van der Waals surface area contributed by atoms with Gasteiger partial charge in [-0.25, -0.2) is 24.1 Å². The first-order valence-electron chi connectivity index (χ1n) is 13.6. The van der Waals surface area contributed by atoms with E-state index < -0.39 is 83.5 Å². The Kier molecular flexibility index (Phi) is 9.55. The quantitative estimate of drug-likeness (QED) is 0.0916. The number of imidazole rings is 1. The van der Waals surface area contributed by atoms with E-state index in [1.165, 1.54) is 40.0 Å². The van der Waals surface area contributed by atoms with E-state index in [9.17, 15) is 44.1 Å². The van der Waals surface area contributed by atoms with Crippen molar-refractivity contribution in [3.05, 3.63) is 47.9 Å². The minimum Gasteiger partial charge on any atom is -0.390 e. The fraction of sp³-hybridized carbons (Fsp3) is 0.542. The van der Waals surface area contributed by atoms with E-state index in [1.54, 1.807) is 13.8 Å². The summed E-state index contributed by atoms with van der Waals surface area (Å²) in [5.41, 5.74) is 6.77. The van der Waals surface area contributed by atoms with Crippen LogP contribution < -0.4 is 10.3 Å². The summed E-state index contributed by atoms with van der Waals surface area (Å²) in [6.45, 7) is 1.81. The van der Waals surface area contributed by atoms with E-state index >= 15 is 0 Å². The molecule has 0 radical (unpaired) electrons. The lowest BCUT2D eigenvalue weighted by atomic mass is 10.1. The van der Waals surface area contributed by atoms with E-state index in [2.05, 4.69) is 19.3 Å². The molecule has 10 unspecified atom stereocenters. The third-order valence-corrected chi connectivity index (χ3v) is 10.4. The number of aliphatic hydroxyl groups is 4. The Morgan fingerprint density at radius 2 is 1.76 bits per heavy atom. The Bertz CT molecular complexity index is 1680. The number of amides is 1. The average molecular weight is 676 g/mol. The van der Waals surface area contributed by atoms with Crippen LogP contribution in [0.4, 0.5) is 0 Å². The molecule has 1 amide bonds. The van der Waals surface area contributed by atoms with E-state index in [4.69, 9.17) is 19.5 Å². The summed E-state index contributed by atoms with van der Waals surface area (Å²) in [6, 6.07) is 2.23. The molecule has 246 valence electrons. The number of nitrogens with two attached hydrogens (primary N) is 1. The van der Waals surface area contributed by atoms with Crippen molar-refractivity contribution in [3.63, 3.8) is 0 Å². The molecule has 8 N–H and O–H groups in total. The second-order valence-electron chi connectivity index (χ2n) is 10.8. The molecular formula is C24H33N6O13P2+. The maximum atomic E-state index is 12.5. The van der Waals surface area contributed by atoms with Gasteiger partial charge in [-0.15, -0.1) is 0 Å². The zero-order valence-corrected chi connectivity index (χ0v) is 25.7. The van der Waals surface area contributed by atoms with Crippen molar-refractivity contribution < 1.29 is 66.8 Å². The number of fused-ring (bicyclic) bond motifs is 1. The molecule has 2 aliphatic rings. The van der Waals surface area contributed by atoms with Gasteiger partial charge in [-0.3, -0.25) is 18.4 Å². The average Bonchev–Trinajstić information content (AvgIpc) is 3.56. The van der Waals surface area contributed by atoms with E-state index in [0.29, 0.717) is 22.7 Å². The number of aromatic nitrogens is 5. The van der Waals surface area contributed by atoms with Crippen molar-refractivity contribution in [1.29, 1.82) is 0 Å². The maximum Gasteiger partial charge on any atom is 0.481 e. The van der Waals surface area contributed by atoms with Gasteiger partial charge >= 0.3 is 15.6 Å². The van der Waals surface area contributed by atoms with Crippen LogP contribution in [0.2, 0.25) is 0 Å². The van der Waals surface area contributed by atoms with E-state index in [0.717, 1.165) is 0 Å². The smallest absolute Gasteiger partial charge is 0.390 e. The molecule has 21 heteroatoms. The van der Waals surface area contributed by atoms with Crippen LogP contribution in [-0.4, -0.2) is 99.4 Å². The number of phosphoric ester groups is 2. The number of rotatable bonds is 11. The zero-order chi connectivity index (χ0) is 32.8. The number of carbonyl (C=O) groups excluding carboxylic acids is 1. The second kappa shape index (κ2) is 12.8.